The first kappa shape index (κ1) is 21.0. The van der Waals surface area contributed by atoms with Crippen LogP contribution in [0.3, 0.4) is 0 Å². The summed E-state index contributed by atoms with van der Waals surface area (Å²) >= 11 is 0. The minimum absolute atomic E-state index is 0.0621. The van der Waals surface area contributed by atoms with Crippen molar-refractivity contribution in [1.82, 2.24) is 5.48 Å². The third kappa shape index (κ3) is 6.77. The molecule has 2 atom stereocenters. The molecular weight excluding hydrogens is 360 g/mol. The quantitative estimate of drug-likeness (QED) is 0.310. The van der Waals surface area contributed by atoms with Crippen molar-refractivity contribution in [2.75, 3.05) is 5.32 Å². The molecule has 0 spiro atoms. The first-order valence-electron chi connectivity index (χ1n) is 8.92. The second-order valence-corrected chi connectivity index (χ2v) is 6.34. The predicted octanol–water partition coefficient (Wildman–Crippen LogP) is 4.16. The molecule has 0 aliphatic carbocycles. The minimum atomic E-state index is -0.596. The molecule has 0 saturated carbocycles. The predicted molar refractivity (Wildman–Crippen MR) is 105 cm³/mol. The van der Waals surface area contributed by atoms with Gasteiger partial charge in [-0.1, -0.05) is 43.3 Å². The van der Waals surface area contributed by atoms with Crippen molar-refractivity contribution in [3.05, 3.63) is 72.3 Å². The lowest BCUT2D eigenvalue weighted by molar-refractivity contribution is -0.124. The van der Waals surface area contributed by atoms with Gasteiger partial charge in [-0.15, -0.1) is 0 Å². The van der Waals surface area contributed by atoms with Crippen molar-refractivity contribution in [3.8, 4) is 5.75 Å². The second kappa shape index (κ2) is 10.7. The van der Waals surface area contributed by atoms with Crippen LogP contribution in [0.5, 0.6) is 5.75 Å². The van der Waals surface area contributed by atoms with Crippen molar-refractivity contribution in [1.29, 1.82) is 0 Å². The normalized spacial score (nSPS) is 12.9. The van der Waals surface area contributed by atoms with Gasteiger partial charge < -0.3 is 9.84 Å². The number of rotatable bonds is 8. The van der Waals surface area contributed by atoms with Crippen LogP contribution in [0, 0.1) is 5.92 Å². The Labute approximate surface area is 163 Å². The Bertz CT molecular complexity index is 790. The highest BCUT2D eigenvalue weighted by molar-refractivity contribution is 5.86. The van der Waals surface area contributed by atoms with Gasteiger partial charge in [-0.05, 0) is 48.6 Å². The number of hydroxylamine groups is 1. The molecule has 0 aliphatic heterocycles. The van der Waals surface area contributed by atoms with Crippen LogP contribution in [0.1, 0.15) is 31.4 Å². The molecule has 0 unspecified atom stereocenters. The average Bonchev–Trinajstić information content (AvgIpc) is 2.70. The van der Waals surface area contributed by atoms with Crippen molar-refractivity contribution >= 4 is 17.7 Å². The van der Waals surface area contributed by atoms with Gasteiger partial charge in [0.05, 0.1) is 0 Å². The molecule has 0 saturated heterocycles. The van der Waals surface area contributed by atoms with E-state index in [4.69, 9.17) is 9.94 Å². The van der Waals surface area contributed by atoms with Crippen LogP contribution in [0.2, 0.25) is 0 Å². The number of benzene rings is 2. The highest BCUT2D eigenvalue weighted by atomic mass is 16.6. The number of carbonyl (C=O) groups is 2. The number of phenols is 1. The lowest BCUT2D eigenvalue weighted by Crippen LogP contribution is -2.22. The zero-order valence-electron chi connectivity index (χ0n) is 15.5. The fourth-order valence-corrected chi connectivity index (χ4v) is 2.70. The van der Waals surface area contributed by atoms with Crippen LogP contribution in [-0.2, 0) is 9.53 Å². The van der Waals surface area contributed by atoms with Crippen molar-refractivity contribution < 1.29 is 24.6 Å². The first-order valence-corrected chi connectivity index (χ1v) is 8.92. The fraction of sp³-hybridized carbons (Fsp3) is 0.238. The van der Waals surface area contributed by atoms with E-state index in [-0.39, 0.29) is 11.7 Å². The van der Waals surface area contributed by atoms with E-state index in [1.165, 1.54) is 11.6 Å². The average molecular weight is 384 g/mol. The number of ether oxygens (including phenoxy) is 1. The number of hydrogen-bond donors (Lipinski definition) is 4. The minimum Gasteiger partial charge on any atom is -0.508 e. The molecular formula is C21H24N2O5. The molecule has 148 valence electrons. The highest BCUT2D eigenvalue weighted by Crippen LogP contribution is 2.31. The number of amides is 2. The van der Waals surface area contributed by atoms with Crippen molar-refractivity contribution in [2.24, 2.45) is 5.92 Å². The van der Waals surface area contributed by atoms with E-state index < -0.39 is 18.1 Å². The molecule has 0 fully saturated rings. The van der Waals surface area contributed by atoms with Crippen LogP contribution in [0.4, 0.5) is 10.5 Å². The lowest BCUT2D eigenvalue weighted by atomic mass is 9.93. The summed E-state index contributed by atoms with van der Waals surface area (Å²) in [7, 11) is 0. The third-order valence-corrected chi connectivity index (χ3v) is 4.16. The molecule has 0 aliphatic rings. The van der Waals surface area contributed by atoms with Gasteiger partial charge in [0.15, 0.2) is 0 Å². The monoisotopic (exact) mass is 384 g/mol. The van der Waals surface area contributed by atoms with Crippen molar-refractivity contribution in [2.45, 2.75) is 25.9 Å². The molecule has 0 radical (unpaired) electrons. The molecule has 0 heterocycles. The van der Waals surface area contributed by atoms with E-state index in [1.54, 1.807) is 42.5 Å². The molecule has 2 aromatic carbocycles. The topological polar surface area (TPSA) is 108 Å². The van der Waals surface area contributed by atoms with E-state index in [0.717, 1.165) is 5.56 Å². The number of nitrogens with one attached hydrogen (secondary N) is 2. The smallest absolute Gasteiger partial charge is 0.412 e. The van der Waals surface area contributed by atoms with E-state index in [2.05, 4.69) is 5.32 Å². The van der Waals surface area contributed by atoms with E-state index in [9.17, 15) is 14.7 Å². The van der Waals surface area contributed by atoms with E-state index >= 15 is 0 Å². The molecule has 2 aromatic rings. The summed E-state index contributed by atoms with van der Waals surface area (Å²) in [6.45, 7) is 1.94. The largest absolute Gasteiger partial charge is 0.508 e. The van der Waals surface area contributed by atoms with Crippen molar-refractivity contribution in [3.63, 3.8) is 0 Å². The maximum absolute atomic E-state index is 12.3. The third-order valence-electron chi connectivity index (χ3n) is 4.16. The van der Waals surface area contributed by atoms with Crippen LogP contribution >= 0.6 is 0 Å². The summed E-state index contributed by atoms with van der Waals surface area (Å²) in [6.07, 6.45) is 2.97. The summed E-state index contributed by atoms with van der Waals surface area (Å²) < 4.78 is 5.67. The standard InChI is InChI=1S/C21H24N2O5/c1-15(7-5-6-10-19(25)23-27)20(16-11-13-18(24)14-12-16)28-21(26)22-17-8-3-2-4-9-17/h2-4,6,8-15,20,24,27H,5,7H2,1H3,(H,22,26)(H,23,25)/b10-6+/t15-,20+/m1/s1. The van der Waals surface area contributed by atoms with Gasteiger partial charge in [0, 0.05) is 11.8 Å². The number of aromatic hydroxyl groups is 1. The second-order valence-electron chi connectivity index (χ2n) is 6.34. The number of carbonyl (C=O) groups excluding carboxylic acids is 2. The van der Waals surface area contributed by atoms with Gasteiger partial charge in [0.25, 0.3) is 5.91 Å². The van der Waals surface area contributed by atoms with Gasteiger partial charge in [0.2, 0.25) is 0 Å². The Morgan fingerprint density at radius 3 is 2.43 bits per heavy atom. The molecule has 7 nitrogen and oxygen atoms in total. The Kier molecular flexibility index (Phi) is 8.05. The number of allylic oxidation sites excluding steroid dienone is 1. The van der Waals surface area contributed by atoms with Gasteiger partial charge in [-0.2, -0.15) is 0 Å². The number of para-hydroxylation sites is 1. The highest BCUT2D eigenvalue weighted by Gasteiger charge is 2.23. The number of phenolic OH excluding ortho intramolecular Hbond substituents is 1. The van der Waals surface area contributed by atoms with Gasteiger partial charge in [-0.25, -0.2) is 10.3 Å². The fourth-order valence-electron chi connectivity index (χ4n) is 2.70. The van der Waals surface area contributed by atoms with Gasteiger partial charge in [-0.3, -0.25) is 15.3 Å². The van der Waals surface area contributed by atoms with E-state index in [0.29, 0.717) is 18.5 Å². The molecule has 7 heteroatoms. The summed E-state index contributed by atoms with van der Waals surface area (Å²) in [4.78, 5) is 23.4. The van der Waals surface area contributed by atoms with Gasteiger partial charge in [0.1, 0.15) is 11.9 Å². The molecule has 28 heavy (non-hydrogen) atoms. The Balaban J connectivity index is 2.05. The van der Waals surface area contributed by atoms with Gasteiger partial charge >= 0.3 is 6.09 Å². The molecule has 0 bridgehead atoms. The Morgan fingerprint density at radius 2 is 1.79 bits per heavy atom. The van der Waals surface area contributed by atoms with Crippen LogP contribution in [0.15, 0.2) is 66.7 Å². The molecule has 4 N–H and O–H groups in total. The Morgan fingerprint density at radius 1 is 1.11 bits per heavy atom. The molecule has 2 amide bonds. The number of hydrogen-bond acceptors (Lipinski definition) is 5. The van der Waals surface area contributed by atoms with Crippen LogP contribution in [-0.4, -0.2) is 22.3 Å². The Hall–Kier alpha value is -3.32. The van der Waals surface area contributed by atoms with Crippen LogP contribution < -0.4 is 10.8 Å². The SMILES string of the molecule is C[C@H](CC/C=C/C(=O)NO)[C@H](OC(=O)Nc1ccccc1)c1ccc(O)cc1. The van der Waals surface area contributed by atoms with Crippen LogP contribution in [0.25, 0.3) is 0 Å². The summed E-state index contributed by atoms with van der Waals surface area (Å²) in [5, 5.41) is 20.7. The lowest BCUT2D eigenvalue weighted by Gasteiger charge is -2.24. The molecule has 0 aromatic heterocycles. The maximum Gasteiger partial charge on any atom is 0.412 e. The summed E-state index contributed by atoms with van der Waals surface area (Å²) in [6, 6.07) is 15.5. The van der Waals surface area contributed by atoms with E-state index in [1.807, 2.05) is 25.1 Å². The maximum atomic E-state index is 12.3. The zero-order valence-corrected chi connectivity index (χ0v) is 15.5. The molecule has 2 rings (SSSR count). The first-order chi connectivity index (χ1) is 13.5. The zero-order chi connectivity index (χ0) is 20.4. The summed E-state index contributed by atoms with van der Waals surface area (Å²) in [5.41, 5.74) is 2.91. The number of anilines is 1. The summed E-state index contributed by atoms with van der Waals surface area (Å²) in [5.74, 6) is -0.532.